The third-order valence-corrected chi connectivity index (χ3v) is 3.64. The van der Waals surface area contributed by atoms with Crippen LogP contribution in [-0.2, 0) is 9.59 Å². The number of carbonyl (C=O) groups is 2. The fourth-order valence-electron chi connectivity index (χ4n) is 2.63. The zero-order chi connectivity index (χ0) is 10.7. The molecule has 1 saturated carbocycles. The number of ketones is 1. The Balaban J connectivity index is 1.74. The lowest BCUT2D eigenvalue weighted by Gasteiger charge is -2.27. The molecule has 3 nitrogen and oxygen atoms in total. The summed E-state index contributed by atoms with van der Waals surface area (Å²) >= 11 is 0. The van der Waals surface area contributed by atoms with Crippen molar-refractivity contribution in [1.82, 2.24) is 4.90 Å². The van der Waals surface area contributed by atoms with Crippen LogP contribution in [0.3, 0.4) is 0 Å². The van der Waals surface area contributed by atoms with Crippen LogP contribution in [0, 0.1) is 5.92 Å². The summed E-state index contributed by atoms with van der Waals surface area (Å²) in [5, 5.41) is 0. The fraction of sp³-hybridized carbons (Fsp3) is 0.833. The quantitative estimate of drug-likeness (QED) is 0.664. The van der Waals surface area contributed by atoms with Crippen LogP contribution >= 0.6 is 0 Å². The lowest BCUT2D eigenvalue weighted by atomic mass is 10.0. The van der Waals surface area contributed by atoms with Crippen molar-refractivity contribution in [2.45, 2.75) is 44.9 Å². The van der Waals surface area contributed by atoms with Crippen LogP contribution in [0.2, 0.25) is 0 Å². The molecule has 0 aromatic heterocycles. The van der Waals surface area contributed by atoms with Crippen LogP contribution in [0.1, 0.15) is 44.9 Å². The zero-order valence-electron chi connectivity index (χ0n) is 9.21. The zero-order valence-corrected chi connectivity index (χ0v) is 9.21. The van der Waals surface area contributed by atoms with Gasteiger partial charge in [0.15, 0.2) is 0 Å². The molecule has 0 atom stereocenters. The molecule has 2 fully saturated rings. The van der Waals surface area contributed by atoms with E-state index in [4.69, 9.17) is 0 Å². The Morgan fingerprint density at radius 3 is 2.60 bits per heavy atom. The Labute approximate surface area is 90.8 Å². The molecule has 0 radical (unpaired) electrons. The summed E-state index contributed by atoms with van der Waals surface area (Å²) in [5.74, 6) is 0.983. The average molecular weight is 209 g/mol. The van der Waals surface area contributed by atoms with Crippen LogP contribution in [-0.4, -0.2) is 29.7 Å². The number of hydrogen-bond acceptors (Lipinski definition) is 2. The van der Waals surface area contributed by atoms with Crippen LogP contribution in [0.25, 0.3) is 0 Å². The van der Waals surface area contributed by atoms with Gasteiger partial charge in [-0.3, -0.25) is 9.59 Å². The Bertz CT molecular complexity index is 256. The van der Waals surface area contributed by atoms with Crippen LogP contribution in [0.15, 0.2) is 0 Å². The lowest BCUT2D eigenvalue weighted by molar-refractivity contribution is -0.139. The molecule has 1 amide bonds. The normalized spacial score (nSPS) is 23.9. The SMILES string of the molecule is O=C1CCN(CCC2CCCC2)C(=O)C1. The summed E-state index contributed by atoms with van der Waals surface area (Å²) in [6.07, 6.45) is 7.23. The van der Waals surface area contributed by atoms with Crippen LogP contribution in [0.4, 0.5) is 0 Å². The van der Waals surface area contributed by atoms with Gasteiger partial charge in [-0.25, -0.2) is 0 Å². The number of piperidine rings is 1. The van der Waals surface area contributed by atoms with E-state index < -0.39 is 0 Å². The van der Waals surface area contributed by atoms with Crippen molar-refractivity contribution < 1.29 is 9.59 Å². The molecule has 2 rings (SSSR count). The Kier molecular flexibility index (Phi) is 3.39. The Hall–Kier alpha value is -0.860. The molecule has 1 saturated heterocycles. The van der Waals surface area contributed by atoms with Gasteiger partial charge in [0.2, 0.25) is 5.91 Å². The summed E-state index contributed by atoms with van der Waals surface area (Å²) in [5.41, 5.74) is 0. The maximum absolute atomic E-state index is 11.5. The van der Waals surface area contributed by atoms with E-state index in [1.807, 2.05) is 4.90 Å². The Morgan fingerprint density at radius 1 is 1.20 bits per heavy atom. The molecule has 0 bridgehead atoms. The predicted octanol–water partition coefficient (Wildman–Crippen LogP) is 1.76. The van der Waals surface area contributed by atoms with Crippen molar-refractivity contribution in [3.05, 3.63) is 0 Å². The number of amides is 1. The predicted molar refractivity (Wildman–Crippen MR) is 57.4 cm³/mol. The topological polar surface area (TPSA) is 37.4 Å². The van der Waals surface area contributed by atoms with Gasteiger partial charge in [0.1, 0.15) is 5.78 Å². The highest BCUT2D eigenvalue weighted by molar-refractivity contribution is 6.00. The first kappa shape index (κ1) is 10.7. The highest BCUT2D eigenvalue weighted by Crippen LogP contribution is 2.27. The Morgan fingerprint density at radius 2 is 1.93 bits per heavy atom. The van der Waals surface area contributed by atoms with E-state index in [-0.39, 0.29) is 18.1 Å². The van der Waals surface area contributed by atoms with Crippen LogP contribution < -0.4 is 0 Å². The molecule has 84 valence electrons. The van der Waals surface area contributed by atoms with Crippen LogP contribution in [0.5, 0.6) is 0 Å². The van der Waals surface area contributed by atoms with Gasteiger partial charge in [-0.05, 0) is 12.3 Å². The number of hydrogen-bond donors (Lipinski definition) is 0. The molecule has 15 heavy (non-hydrogen) atoms. The first-order valence-electron chi connectivity index (χ1n) is 6.05. The average Bonchev–Trinajstić information content (AvgIpc) is 2.69. The summed E-state index contributed by atoms with van der Waals surface area (Å²) in [4.78, 5) is 24.4. The standard InChI is InChI=1S/C12H19NO2/c14-11-6-8-13(12(15)9-11)7-5-10-3-1-2-4-10/h10H,1-9H2. The van der Waals surface area contributed by atoms with Gasteiger partial charge >= 0.3 is 0 Å². The third-order valence-electron chi connectivity index (χ3n) is 3.64. The smallest absolute Gasteiger partial charge is 0.230 e. The second-order valence-corrected chi connectivity index (χ2v) is 4.79. The molecule has 1 aliphatic carbocycles. The molecule has 0 aromatic rings. The maximum Gasteiger partial charge on any atom is 0.230 e. The number of Topliss-reactive ketones (excluding diaryl/α,β-unsaturated/α-hetero) is 1. The molecule has 0 N–H and O–H groups in total. The molecule has 1 heterocycles. The summed E-state index contributed by atoms with van der Waals surface area (Å²) in [6, 6.07) is 0. The first-order valence-corrected chi connectivity index (χ1v) is 6.05. The van der Waals surface area contributed by atoms with Crippen molar-refractivity contribution in [1.29, 1.82) is 0 Å². The van der Waals surface area contributed by atoms with E-state index >= 15 is 0 Å². The third kappa shape index (κ3) is 2.80. The first-order chi connectivity index (χ1) is 7.25. The maximum atomic E-state index is 11.5. The van der Waals surface area contributed by atoms with E-state index in [1.54, 1.807) is 0 Å². The number of rotatable bonds is 3. The van der Waals surface area contributed by atoms with Crippen molar-refractivity contribution in [3.8, 4) is 0 Å². The van der Waals surface area contributed by atoms with Gasteiger partial charge in [0.05, 0.1) is 6.42 Å². The minimum Gasteiger partial charge on any atom is -0.342 e. The van der Waals surface area contributed by atoms with E-state index in [0.29, 0.717) is 13.0 Å². The van der Waals surface area contributed by atoms with Crippen molar-refractivity contribution in [3.63, 3.8) is 0 Å². The van der Waals surface area contributed by atoms with E-state index in [2.05, 4.69) is 0 Å². The molecule has 0 aromatic carbocycles. The largest absolute Gasteiger partial charge is 0.342 e. The van der Waals surface area contributed by atoms with Gasteiger partial charge in [0.25, 0.3) is 0 Å². The van der Waals surface area contributed by atoms with E-state index in [0.717, 1.165) is 18.9 Å². The fourth-order valence-corrected chi connectivity index (χ4v) is 2.63. The lowest BCUT2D eigenvalue weighted by Crippen LogP contribution is -2.39. The summed E-state index contributed by atoms with van der Waals surface area (Å²) in [7, 11) is 0. The van der Waals surface area contributed by atoms with E-state index in [1.165, 1.54) is 25.7 Å². The molecule has 1 aliphatic heterocycles. The van der Waals surface area contributed by atoms with Gasteiger partial charge in [-0.1, -0.05) is 25.7 Å². The molecular formula is C12H19NO2. The monoisotopic (exact) mass is 209 g/mol. The highest BCUT2D eigenvalue weighted by Gasteiger charge is 2.24. The van der Waals surface area contributed by atoms with Gasteiger partial charge in [0, 0.05) is 19.5 Å². The minimum absolute atomic E-state index is 0.0456. The highest BCUT2D eigenvalue weighted by atomic mass is 16.2. The second-order valence-electron chi connectivity index (χ2n) is 4.79. The summed E-state index contributed by atoms with van der Waals surface area (Å²) < 4.78 is 0. The van der Waals surface area contributed by atoms with Gasteiger partial charge < -0.3 is 4.90 Å². The molecule has 0 spiro atoms. The van der Waals surface area contributed by atoms with Crippen molar-refractivity contribution in [2.75, 3.05) is 13.1 Å². The molecule has 0 unspecified atom stereocenters. The molecular weight excluding hydrogens is 190 g/mol. The van der Waals surface area contributed by atoms with Gasteiger partial charge in [-0.2, -0.15) is 0 Å². The van der Waals surface area contributed by atoms with Gasteiger partial charge in [-0.15, -0.1) is 0 Å². The second kappa shape index (κ2) is 4.77. The molecule has 2 aliphatic rings. The number of likely N-dealkylation sites (tertiary alicyclic amines) is 1. The summed E-state index contributed by atoms with van der Waals surface area (Å²) in [6.45, 7) is 1.53. The number of carbonyl (C=O) groups excluding carboxylic acids is 2. The number of nitrogens with zero attached hydrogens (tertiary/aromatic N) is 1. The van der Waals surface area contributed by atoms with Crippen molar-refractivity contribution in [2.24, 2.45) is 5.92 Å². The van der Waals surface area contributed by atoms with E-state index in [9.17, 15) is 9.59 Å². The van der Waals surface area contributed by atoms with Crippen molar-refractivity contribution >= 4 is 11.7 Å². The molecule has 3 heteroatoms. The minimum atomic E-state index is 0.0456.